The summed E-state index contributed by atoms with van der Waals surface area (Å²) in [4.78, 5) is 6.90. The van der Waals surface area contributed by atoms with Crippen LogP contribution in [0.2, 0.25) is 0 Å². The van der Waals surface area contributed by atoms with Crippen LogP contribution in [0.15, 0.2) is 48.5 Å². The second-order valence-electron chi connectivity index (χ2n) is 6.35. The molecule has 5 nitrogen and oxygen atoms in total. The van der Waals surface area contributed by atoms with E-state index < -0.39 is 6.10 Å². The number of para-hydroxylation sites is 2. The number of nitrogens with zero attached hydrogens (tertiary/aromatic N) is 2. The molecule has 130 valence electrons. The molecular formula is C20H22N2O3. The number of aliphatic hydroxyl groups excluding tert-OH is 1. The molecular weight excluding hydrogens is 316 g/mol. The molecule has 0 radical (unpaired) electrons. The molecule has 2 aromatic carbocycles. The van der Waals surface area contributed by atoms with E-state index in [1.807, 2.05) is 48.5 Å². The van der Waals surface area contributed by atoms with Crippen molar-refractivity contribution >= 4 is 21.8 Å². The van der Waals surface area contributed by atoms with E-state index in [-0.39, 0.29) is 6.61 Å². The lowest BCUT2D eigenvalue weighted by Gasteiger charge is -2.28. The lowest BCUT2D eigenvalue weighted by Crippen LogP contribution is -2.42. The molecule has 2 heterocycles. The van der Waals surface area contributed by atoms with Crippen molar-refractivity contribution in [3.63, 3.8) is 0 Å². The van der Waals surface area contributed by atoms with Gasteiger partial charge < -0.3 is 14.6 Å². The second-order valence-corrected chi connectivity index (χ2v) is 6.35. The Labute approximate surface area is 146 Å². The van der Waals surface area contributed by atoms with Gasteiger partial charge in [-0.1, -0.05) is 24.3 Å². The number of aliphatic hydroxyl groups is 1. The number of hydrogen-bond donors (Lipinski definition) is 1. The summed E-state index contributed by atoms with van der Waals surface area (Å²) in [5, 5.41) is 12.3. The summed E-state index contributed by atoms with van der Waals surface area (Å²) >= 11 is 0. The van der Waals surface area contributed by atoms with Crippen LogP contribution in [-0.2, 0) is 4.74 Å². The Morgan fingerprint density at radius 3 is 2.24 bits per heavy atom. The van der Waals surface area contributed by atoms with Crippen LogP contribution in [0.4, 0.5) is 0 Å². The van der Waals surface area contributed by atoms with Gasteiger partial charge in [0.1, 0.15) is 18.5 Å². The SMILES string of the molecule is OC(COc1c2ccccc2nc2ccccc12)CN1CCOCC1. The lowest BCUT2D eigenvalue weighted by molar-refractivity contribution is 0.00493. The minimum atomic E-state index is -0.538. The van der Waals surface area contributed by atoms with Gasteiger partial charge in [0.2, 0.25) is 0 Å². The molecule has 1 aromatic heterocycles. The van der Waals surface area contributed by atoms with Crippen molar-refractivity contribution in [3.8, 4) is 5.75 Å². The average Bonchev–Trinajstić information content (AvgIpc) is 2.66. The van der Waals surface area contributed by atoms with Gasteiger partial charge in [-0.25, -0.2) is 4.98 Å². The van der Waals surface area contributed by atoms with Crippen molar-refractivity contribution in [3.05, 3.63) is 48.5 Å². The molecule has 1 aliphatic rings. The quantitative estimate of drug-likeness (QED) is 0.724. The highest BCUT2D eigenvalue weighted by Gasteiger charge is 2.17. The fourth-order valence-corrected chi connectivity index (χ4v) is 3.27. The summed E-state index contributed by atoms with van der Waals surface area (Å²) < 4.78 is 11.4. The standard InChI is InChI=1S/C20H22N2O3/c23-15(13-22-9-11-24-12-10-22)14-25-20-16-5-1-3-7-18(16)21-19-8-4-2-6-17(19)20/h1-8,15,23H,9-14H2. The monoisotopic (exact) mass is 338 g/mol. The summed E-state index contributed by atoms with van der Waals surface area (Å²) in [6.07, 6.45) is -0.538. The van der Waals surface area contributed by atoms with Crippen LogP contribution in [0.1, 0.15) is 0 Å². The van der Waals surface area contributed by atoms with Gasteiger partial charge in [-0.15, -0.1) is 0 Å². The van der Waals surface area contributed by atoms with E-state index in [9.17, 15) is 5.11 Å². The molecule has 3 aromatic rings. The second kappa shape index (κ2) is 7.35. The first kappa shape index (κ1) is 16.3. The van der Waals surface area contributed by atoms with Crippen molar-refractivity contribution in [2.45, 2.75) is 6.10 Å². The number of aromatic nitrogens is 1. The number of ether oxygens (including phenoxy) is 2. The first-order valence-electron chi connectivity index (χ1n) is 8.70. The van der Waals surface area contributed by atoms with E-state index in [1.54, 1.807) is 0 Å². The predicted octanol–water partition coefficient (Wildman–Crippen LogP) is 2.46. The number of pyridine rings is 1. The van der Waals surface area contributed by atoms with Gasteiger partial charge in [0, 0.05) is 30.4 Å². The van der Waals surface area contributed by atoms with Crippen LogP contribution in [0.3, 0.4) is 0 Å². The zero-order valence-corrected chi connectivity index (χ0v) is 14.1. The van der Waals surface area contributed by atoms with Crippen molar-refractivity contribution in [2.24, 2.45) is 0 Å². The molecule has 0 amide bonds. The summed E-state index contributed by atoms with van der Waals surface area (Å²) in [6.45, 7) is 4.04. The number of hydrogen-bond acceptors (Lipinski definition) is 5. The maximum absolute atomic E-state index is 10.4. The van der Waals surface area contributed by atoms with Gasteiger partial charge in [0.05, 0.1) is 24.2 Å². The Bertz CT molecular complexity index is 808. The molecule has 0 aliphatic carbocycles. The van der Waals surface area contributed by atoms with Crippen LogP contribution < -0.4 is 4.74 Å². The van der Waals surface area contributed by atoms with Crippen LogP contribution in [0.5, 0.6) is 5.75 Å². The van der Waals surface area contributed by atoms with Crippen LogP contribution in [-0.4, -0.2) is 60.5 Å². The molecule has 4 rings (SSSR count). The highest BCUT2D eigenvalue weighted by atomic mass is 16.5. The Hall–Kier alpha value is -2.21. The van der Waals surface area contributed by atoms with Gasteiger partial charge in [-0.2, -0.15) is 0 Å². The highest BCUT2D eigenvalue weighted by Crippen LogP contribution is 2.32. The highest BCUT2D eigenvalue weighted by molar-refractivity contribution is 6.00. The van der Waals surface area contributed by atoms with Gasteiger partial charge in [0.25, 0.3) is 0 Å². The first-order valence-corrected chi connectivity index (χ1v) is 8.70. The van der Waals surface area contributed by atoms with Gasteiger partial charge in [0.15, 0.2) is 0 Å². The summed E-state index contributed by atoms with van der Waals surface area (Å²) in [6, 6.07) is 15.9. The van der Waals surface area contributed by atoms with Crippen molar-refractivity contribution in [2.75, 3.05) is 39.5 Å². The number of rotatable bonds is 5. The summed E-state index contributed by atoms with van der Waals surface area (Å²) in [7, 11) is 0. The number of β-amino-alcohol motifs (C(OH)–C–C–N with tert-alkyl or cyclic N) is 1. The zero-order chi connectivity index (χ0) is 17.1. The fourth-order valence-electron chi connectivity index (χ4n) is 3.27. The minimum absolute atomic E-state index is 0.259. The molecule has 1 fully saturated rings. The van der Waals surface area contributed by atoms with E-state index in [0.29, 0.717) is 6.54 Å². The molecule has 1 saturated heterocycles. The fraction of sp³-hybridized carbons (Fsp3) is 0.350. The summed E-state index contributed by atoms with van der Waals surface area (Å²) in [5.74, 6) is 0.794. The normalized spacial score (nSPS) is 17.0. The predicted molar refractivity (Wildman–Crippen MR) is 98.0 cm³/mol. The van der Waals surface area contributed by atoms with Crippen LogP contribution in [0, 0.1) is 0 Å². The molecule has 25 heavy (non-hydrogen) atoms. The maximum atomic E-state index is 10.4. The van der Waals surface area contributed by atoms with Crippen molar-refractivity contribution in [1.29, 1.82) is 0 Å². The molecule has 1 N–H and O–H groups in total. The molecule has 0 spiro atoms. The number of morpholine rings is 1. The van der Waals surface area contributed by atoms with Gasteiger partial charge >= 0.3 is 0 Å². The maximum Gasteiger partial charge on any atom is 0.138 e. The van der Waals surface area contributed by atoms with E-state index in [2.05, 4.69) is 4.90 Å². The van der Waals surface area contributed by atoms with Crippen molar-refractivity contribution in [1.82, 2.24) is 9.88 Å². The van der Waals surface area contributed by atoms with E-state index in [1.165, 1.54) is 0 Å². The molecule has 0 saturated carbocycles. The third-order valence-corrected chi connectivity index (χ3v) is 4.53. The summed E-state index contributed by atoms with van der Waals surface area (Å²) in [5.41, 5.74) is 1.80. The zero-order valence-electron chi connectivity index (χ0n) is 14.1. The lowest BCUT2D eigenvalue weighted by atomic mass is 10.1. The smallest absolute Gasteiger partial charge is 0.138 e. The molecule has 5 heteroatoms. The third kappa shape index (κ3) is 3.58. The molecule has 0 bridgehead atoms. The Morgan fingerprint density at radius 2 is 1.60 bits per heavy atom. The largest absolute Gasteiger partial charge is 0.489 e. The third-order valence-electron chi connectivity index (χ3n) is 4.53. The topological polar surface area (TPSA) is 54.8 Å². The van der Waals surface area contributed by atoms with Gasteiger partial charge in [-0.05, 0) is 24.3 Å². The minimum Gasteiger partial charge on any atom is -0.489 e. The Morgan fingerprint density at radius 1 is 1.00 bits per heavy atom. The molecule has 1 unspecified atom stereocenters. The molecule has 1 aliphatic heterocycles. The van der Waals surface area contributed by atoms with Gasteiger partial charge in [-0.3, -0.25) is 4.90 Å². The number of benzene rings is 2. The van der Waals surface area contributed by atoms with Crippen LogP contribution in [0.25, 0.3) is 21.8 Å². The van der Waals surface area contributed by atoms with Crippen molar-refractivity contribution < 1.29 is 14.6 Å². The number of fused-ring (bicyclic) bond motifs is 2. The van der Waals surface area contributed by atoms with E-state index >= 15 is 0 Å². The van der Waals surface area contributed by atoms with E-state index in [0.717, 1.165) is 53.9 Å². The Balaban J connectivity index is 1.56. The van der Waals surface area contributed by atoms with Crippen LogP contribution >= 0.6 is 0 Å². The Kier molecular flexibility index (Phi) is 4.78. The van der Waals surface area contributed by atoms with E-state index in [4.69, 9.17) is 14.5 Å². The average molecular weight is 338 g/mol. The molecule has 1 atom stereocenters. The first-order chi connectivity index (χ1) is 12.3.